The summed E-state index contributed by atoms with van der Waals surface area (Å²) < 4.78 is 5.97. The Morgan fingerprint density at radius 2 is 1.82 bits per heavy atom. The number of aliphatic hydroxyl groups is 1. The number of rotatable bonds is 7. The number of β-amino-alcohol motifs (C(OH)–C–C–N with tert-alkyl or cyclic N) is 1. The number of ether oxygens (including phenoxy) is 1. The first-order chi connectivity index (χ1) is 18.5. The minimum absolute atomic E-state index is 0.0794. The third kappa shape index (κ3) is 5.22. The van der Waals surface area contributed by atoms with Gasteiger partial charge >= 0.3 is 0 Å². The van der Waals surface area contributed by atoms with Gasteiger partial charge in [-0.3, -0.25) is 4.90 Å². The standard InChI is InChI=1S/C29H33ClN6O2/c1-34-13-15-35(16-14-34)18-22(37)19-38-23-6-3-20(4-7-23)28-27-24(25-17-21(30)5-8-26(25)33-27)9-12-36(28)29-31-10-2-11-32-29/h2-8,10-11,17,22,28,33,37H,9,12-16,18-19H2,1H3/t22-,28+/m1/s1. The first-order valence-corrected chi connectivity index (χ1v) is 13.6. The van der Waals surface area contributed by atoms with Crippen molar-refractivity contribution in [2.45, 2.75) is 18.6 Å². The molecule has 38 heavy (non-hydrogen) atoms. The Balaban J connectivity index is 1.22. The fraction of sp³-hybridized carbons (Fsp3) is 0.379. The Morgan fingerprint density at radius 3 is 2.58 bits per heavy atom. The topological polar surface area (TPSA) is 80.8 Å². The molecule has 0 amide bonds. The largest absolute Gasteiger partial charge is 0.491 e. The molecule has 0 spiro atoms. The van der Waals surface area contributed by atoms with Crippen LogP contribution in [0.5, 0.6) is 5.75 Å². The second-order valence-electron chi connectivity index (χ2n) is 10.2. The molecule has 2 aliphatic rings. The molecule has 4 aromatic rings. The maximum Gasteiger partial charge on any atom is 0.226 e. The zero-order valence-corrected chi connectivity index (χ0v) is 22.3. The minimum atomic E-state index is -0.525. The van der Waals surface area contributed by atoms with Gasteiger partial charge in [0.2, 0.25) is 5.95 Å². The lowest BCUT2D eigenvalue weighted by Gasteiger charge is -2.36. The van der Waals surface area contributed by atoms with E-state index in [0.29, 0.717) is 12.5 Å². The SMILES string of the molecule is CN1CCN(C[C@@H](O)COc2ccc([C@H]3c4[nH]c5ccc(Cl)cc5c4CCN3c3ncccn3)cc2)CC1. The predicted molar refractivity (Wildman–Crippen MR) is 150 cm³/mol. The number of nitrogens with one attached hydrogen (secondary N) is 1. The number of aliphatic hydroxyl groups excluding tert-OH is 1. The first-order valence-electron chi connectivity index (χ1n) is 13.2. The van der Waals surface area contributed by atoms with Crippen LogP contribution in [0, 0.1) is 0 Å². The summed E-state index contributed by atoms with van der Waals surface area (Å²) in [6, 6.07) is 15.9. The van der Waals surface area contributed by atoms with E-state index >= 15 is 0 Å². The zero-order chi connectivity index (χ0) is 26.1. The molecule has 1 fully saturated rings. The van der Waals surface area contributed by atoms with Crippen LogP contribution in [0.3, 0.4) is 0 Å². The van der Waals surface area contributed by atoms with Crippen LogP contribution in [0.1, 0.15) is 22.9 Å². The van der Waals surface area contributed by atoms with E-state index in [-0.39, 0.29) is 12.6 Å². The number of hydrogen-bond donors (Lipinski definition) is 2. The fourth-order valence-electron chi connectivity index (χ4n) is 5.58. The number of nitrogens with zero attached hydrogens (tertiary/aromatic N) is 5. The fourth-order valence-corrected chi connectivity index (χ4v) is 5.75. The molecule has 2 aliphatic heterocycles. The Kier molecular flexibility index (Phi) is 7.21. The van der Waals surface area contributed by atoms with Crippen molar-refractivity contribution in [1.82, 2.24) is 24.8 Å². The molecule has 2 N–H and O–H groups in total. The lowest BCUT2D eigenvalue weighted by molar-refractivity contribution is 0.0505. The second kappa shape index (κ2) is 10.9. The Hall–Kier alpha value is -3.17. The number of anilines is 1. The van der Waals surface area contributed by atoms with Crippen molar-refractivity contribution in [3.63, 3.8) is 0 Å². The highest BCUT2D eigenvalue weighted by atomic mass is 35.5. The van der Waals surface area contributed by atoms with Gasteiger partial charge in [-0.1, -0.05) is 23.7 Å². The second-order valence-corrected chi connectivity index (χ2v) is 10.7. The summed E-state index contributed by atoms with van der Waals surface area (Å²) in [7, 11) is 2.13. The number of halogens is 1. The van der Waals surface area contributed by atoms with Crippen LogP contribution < -0.4 is 9.64 Å². The highest BCUT2D eigenvalue weighted by Crippen LogP contribution is 2.40. The zero-order valence-electron chi connectivity index (χ0n) is 21.6. The molecule has 6 rings (SSSR count). The lowest BCUT2D eigenvalue weighted by atomic mass is 9.92. The summed E-state index contributed by atoms with van der Waals surface area (Å²) in [5.41, 5.74) is 4.61. The van der Waals surface area contributed by atoms with Crippen LogP contribution in [0.25, 0.3) is 10.9 Å². The molecule has 0 unspecified atom stereocenters. The van der Waals surface area contributed by atoms with E-state index in [1.807, 2.05) is 36.4 Å². The molecule has 198 valence electrons. The molecular formula is C29H33ClN6O2. The smallest absolute Gasteiger partial charge is 0.226 e. The van der Waals surface area contributed by atoms with E-state index in [1.54, 1.807) is 12.4 Å². The van der Waals surface area contributed by atoms with Gasteiger partial charge in [0, 0.05) is 73.3 Å². The van der Waals surface area contributed by atoms with Crippen LogP contribution in [0.4, 0.5) is 5.95 Å². The van der Waals surface area contributed by atoms with E-state index in [2.05, 4.69) is 48.8 Å². The molecule has 2 aromatic carbocycles. The highest BCUT2D eigenvalue weighted by molar-refractivity contribution is 6.31. The molecule has 0 saturated carbocycles. The summed E-state index contributed by atoms with van der Waals surface area (Å²) in [4.78, 5) is 19.6. The van der Waals surface area contributed by atoms with E-state index in [4.69, 9.17) is 16.3 Å². The number of fused-ring (bicyclic) bond motifs is 3. The molecule has 0 radical (unpaired) electrons. The number of aromatic nitrogens is 3. The maximum atomic E-state index is 10.5. The summed E-state index contributed by atoms with van der Waals surface area (Å²) in [5.74, 6) is 1.44. The highest BCUT2D eigenvalue weighted by Gasteiger charge is 2.33. The Bertz CT molecular complexity index is 1370. The number of likely N-dealkylation sites (N-methyl/N-ethyl adjacent to an activating group) is 1. The predicted octanol–water partition coefficient (Wildman–Crippen LogP) is 3.75. The summed E-state index contributed by atoms with van der Waals surface area (Å²) in [6.07, 6.45) is 3.91. The van der Waals surface area contributed by atoms with Crippen molar-refractivity contribution < 1.29 is 9.84 Å². The third-order valence-corrected chi connectivity index (χ3v) is 7.84. The van der Waals surface area contributed by atoms with Crippen molar-refractivity contribution in [3.05, 3.63) is 82.8 Å². The molecule has 4 heterocycles. The quantitative estimate of drug-likeness (QED) is 0.375. The third-order valence-electron chi connectivity index (χ3n) is 7.60. The van der Waals surface area contributed by atoms with Crippen molar-refractivity contribution in [2.24, 2.45) is 0 Å². The molecule has 0 bridgehead atoms. The number of hydrogen-bond acceptors (Lipinski definition) is 7. The van der Waals surface area contributed by atoms with E-state index < -0.39 is 6.10 Å². The van der Waals surface area contributed by atoms with Crippen LogP contribution in [-0.2, 0) is 6.42 Å². The minimum Gasteiger partial charge on any atom is -0.491 e. The first kappa shape index (κ1) is 25.1. The van der Waals surface area contributed by atoms with Crippen molar-refractivity contribution in [2.75, 3.05) is 57.8 Å². The Labute approximate surface area is 227 Å². The number of H-pyrrole nitrogens is 1. The summed E-state index contributed by atoms with van der Waals surface area (Å²) in [6.45, 7) is 5.72. The van der Waals surface area contributed by atoms with Gasteiger partial charge in [0.15, 0.2) is 0 Å². The number of benzene rings is 2. The summed E-state index contributed by atoms with van der Waals surface area (Å²) in [5, 5.41) is 12.4. The van der Waals surface area contributed by atoms with E-state index in [1.165, 1.54) is 10.9 Å². The Morgan fingerprint density at radius 1 is 1.05 bits per heavy atom. The maximum absolute atomic E-state index is 10.5. The van der Waals surface area contributed by atoms with Gasteiger partial charge in [-0.25, -0.2) is 9.97 Å². The van der Waals surface area contributed by atoms with Gasteiger partial charge in [-0.15, -0.1) is 0 Å². The molecule has 0 aliphatic carbocycles. The van der Waals surface area contributed by atoms with Crippen LogP contribution >= 0.6 is 11.6 Å². The van der Waals surface area contributed by atoms with Gasteiger partial charge < -0.3 is 24.6 Å². The monoisotopic (exact) mass is 532 g/mol. The molecule has 9 heteroatoms. The van der Waals surface area contributed by atoms with Gasteiger partial charge in [0.05, 0.1) is 6.04 Å². The van der Waals surface area contributed by atoms with Crippen molar-refractivity contribution in [1.29, 1.82) is 0 Å². The average Bonchev–Trinajstić information content (AvgIpc) is 3.31. The van der Waals surface area contributed by atoms with Gasteiger partial charge in [0.1, 0.15) is 18.5 Å². The van der Waals surface area contributed by atoms with Crippen LogP contribution in [-0.4, -0.2) is 88.9 Å². The molecule has 2 aromatic heterocycles. The molecule has 2 atom stereocenters. The van der Waals surface area contributed by atoms with Gasteiger partial charge in [0.25, 0.3) is 0 Å². The normalized spacial score (nSPS) is 19.4. The van der Waals surface area contributed by atoms with Crippen LogP contribution in [0.2, 0.25) is 5.02 Å². The van der Waals surface area contributed by atoms with Crippen molar-refractivity contribution in [3.8, 4) is 5.75 Å². The van der Waals surface area contributed by atoms with Gasteiger partial charge in [-0.2, -0.15) is 0 Å². The number of aromatic amines is 1. The molecular weight excluding hydrogens is 500 g/mol. The average molecular weight is 533 g/mol. The van der Waals surface area contributed by atoms with E-state index in [0.717, 1.165) is 66.7 Å². The molecule has 1 saturated heterocycles. The van der Waals surface area contributed by atoms with Gasteiger partial charge in [-0.05, 0) is 61.0 Å². The molecule has 8 nitrogen and oxygen atoms in total. The van der Waals surface area contributed by atoms with E-state index in [9.17, 15) is 5.11 Å². The van der Waals surface area contributed by atoms with Crippen molar-refractivity contribution >= 4 is 28.5 Å². The summed E-state index contributed by atoms with van der Waals surface area (Å²) >= 11 is 6.35. The lowest BCUT2D eigenvalue weighted by Crippen LogP contribution is -2.47. The van der Waals surface area contributed by atoms with Crippen LogP contribution in [0.15, 0.2) is 60.9 Å². The number of piperazine rings is 1.